The van der Waals surface area contributed by atoms with Crippen molar-refractivity contribution in [2.24, 2.45) is 0 Å². The summed E-state index contributed by atoms with van der Waals surface area (Å²) in [5.74, 6) is 1.50. The number of hydrogen-bond acceptors (Lipinski definition) is 4. The van der Waals surface area contributed by atoms with Crippen molar-refractivity contribution in [1.29, 1.82) is 0 Å². The molecule has 0 atom stereocenters. The summed E-state index contributed by atoms with van der Waals surface area (Å²) in [5, 5.41) is 0. The van der Waals surface area contributed by atoms with E-state index in [9.17, 15) is 0 Å². The number of H-pyrrole nitrogens is 1. The van der Waals surface area contributed by atoms with E-state index in [4.69, 9.17) is 21.7 Å². The first-order valence-electron chi connectivity index (χ1n) is 7.07. The third-order valence-corrected chi connectivity index (χ3v) is 4.98. The van der Waals surface area contributed by atoms with Gasteiger partial charge in [0, 0.05) is 25.1 Å². The van der Waals surface area contributed by atoms with Gasteiger partial charge in [0.05, 0.1) is 24.3 Å². The lowest BCUT2D eigenvalue weighted by molar-refractivity contribution is 0.0716. The van der Waals surface area contributed by atoms with Crippen LogP contribution in [0.2, 0.25) is 0 Å². The first-order chi connectivity index (χ1) is 9.72. The fraction of sp³-hybridized carbons (Fsp3) is 0.714. The van der Waals surface area contributed by atoms with Gasteiger partial charge in [-0.15, -0.1) is 0 Å². The molecule has 1 fully saturated rings. The Hall–Kier alpha value is -0.300. The third-order valence-electron chi connectivity index (χ3n) is 3.62. The normalized spacial score (nSPS) is 15.9. The SMILES string of the molecule is COCCOCCc1nc(=S)c(Br)c(C2CCCC2)[nH]1. The zero-order valence-corrected chi connectivity index (χ0v) is 14.2. The van der Waals surface area contributed by atoms with Crippen molar-refractivity contribution >= 4 is 28.1 Å². The van der Waals surface area contributed by atoms with Crippen LogP contribution in [0.1, 0.15) is 43.1 Å². The second-order valence-electron chi connectivity index (χ2n) is 5.05. The van der Waals surface area contributed by atoms with Crippen LogP contribution in [0, 0.1) is 4.64 Å². The molecular weight excluding hydrogens is 340 g/mol. The minimum Gasteiger partial charge on any atom is -0.382 e. The Bertz CT molecular complexity index is 487. The van der Waals surface area contributed by atoms with Crippen molar-refractivity contribution in [3.05, 3.63) is 20.6 Å². The van der Waals surface area contributed by atoms with Gasteiger partial charge in [0.25, 0.3) is 0 Å². The number of halogens is 1. The highest BCUT2D eigenvalue weighted by Gasteiger charge is 2.21. The van der Waals surface area contributed by atoms with Gasteiger partial charge in [-0.1, -0.05) is 25.1 Å². The number of methoxy groups -OCH3 is 1. The maximum atomic E-state index is 5.48. The quantitative estimate of drug-likeness (QED) is 0.593. The van der Waals surface area contributed by atoms with Crippen LogP contribution in [0.25, 0.3) is 0 Å². The summed E-state index contributed by atoms with van der Waals surface area (Å²) in [6.45, 7) is 1.87. The van der Waals surface area contributed by atoms with E-state index in [1.54, 1.807) is 7.11 Å². The van der Waals surface area contributed by atoms with E-state index in [0.717, 1.165) is 16.7 Å². The Balaban J connectivity index is 2.00. The molecule has 1 saturated carbocycles. The maximum absolute atomic E-state index is 5.48. The zero-order chi connectivity index (χ0) is 14.4. The lowest BCUT2D eigenvalue weighted by atomic mass is 10.0. The topological polar surface area (TPSA) is 47.1 Å². The van der Waals surface area contributed by atoms with E-state index in [0.29, 0.717) is 30.4 Å². The molecule has 1 aromatic rings. The summed E-state index contributed by atoms with van der Waals surface area (Å²) in [7, 11) is 1.67. The summed E-state index contributed by atoms with van der Waals surface area (Å²) in [4.78, 5) is 7.87. The fourth-order valence-electron chi connectivity index (χ4n) is 2.55. The van der Waals surface area contributed by atoms with Gasteiger partial charge in [-0.25, -0.2) is 4.98 Å². The van der Waals surface area contributed by atoms with Gasteiger partial charge in [-0.2, -0.15) is 0 Å². The number of nitrogens with zero attached hydrogens (tertiary/aromatic N) is 1. The van der Waals surface area contributed by atoms with Crippen LogP contribution in [-0.2, 0) is 15.9 Å². The minimum atomic E-state index is 0.585. The van der Waals surface area contributed by atoms with Crippen LogP contribution in [-0.4, -0.2) is 36.9 Å². The summed E-state index contributed by atoms with van der Waals surface area (Å²) in [6, 6.07) is 0. The van der Waals surface area contributed by atoms with Crippen molar-refractivity contribution in [3.63, 3.8) is 0 Å². The molecule has 1 N–H and O–H groups in total. The highest BCUT2D eigenvalue weighted by molar-refractivity contribution is 9.10. The van der Waals surface area contributed by atoms with Crippen LogP contribution in [0.4, 0.5) is 0 Å². The molecule has 1 heterocycles. The van der Waals surface area contributed by atoms with E-state index < -0.39 is 0 Å². The van der Waals surface area contributed by atoms with Crippen LogP contribution in [0.15, 0.2) is 4.47 Å². The van der Waals surface area contributed by atoms with Crippen molar-refractivity contribution in [2.45, 2.75) is 38.0 Å². The van der Waals surface area contributed by atoms with Gasteiger partial charge in [0.15, 0.2) is 0 Å². The predicted octanol–water partition coefficient (Wildman–Crippen LogP) is 3.76. The lowest BCUT2D eigenvalue weighted by Gasteiger charge is -2.14. The molecule has 0 amide bonds. The Kier molecular flexibility index (Phi) is 6.61. The van der Waals surface area contributed by atoms with E-state index >= 15 is 0 Å². The fourth-order valence-corrected chi connectivity index (χ4v) is 3.28. The maximum Gasteiger partial charge on any atom is 0.144 e. The predicted molar refractivity (Wildman–Crippen MR) is 84.7 cm³/mol. The first kappa shape index (κ1) is 16.1. The van der Waals surface area contributed by atoms with Gasteiger partial charge >= 0.3 is 0 Å². The highest BCUT2D eigenvalue weighted by Crippen LogP contribution is 2.36. The molecule has 0 radical (unpaired) electrons. The Morgan fingerprint density at radius 3 is 2.75 bits per heavy atom. The number of aromatic nitrogens is 2. The summed E-state index contributed by atoms with van der Waals surface area (Å²) < 4.78 is 12.0. The third kappa shape index (κ3) is 4.35. The molecular formula is C14H21BrN2O2S. The number of hydrogen-bond donors (Lipinski definition) is 1. The molecule has 0 spiro atoms. The van der Waals surface area contributed by atoms with Crippen LogP contribution >= 0.6 is 28.1 Å². The Morgan fingerprint density at radius 1 is 1.30 bits per heavy atom. The number of nitrogens with one attached hydrogen (secondary N) is 1. The summed E-state index contributed by atoms with van der Waals surface area (Å²) >= 11 is 8.93. The number of aromatic amines is 1. The Labute approximate surface area is 133 Å². The number of ether oxygens (including phenoxy) is 2. The van der Waals surface area contributed by atoms with Gasteiger partial charge in [0.2, 0.25) is 0 Å². The standard InChI is InChI=1S/C14H21BrN2O2S/c1-18-8-9-19-7-6-11-16-13(10-4-2-3-5-10)12(15)14(20)17-11/h10H,2-9H2,1H3,(H,16,17,20). The van der Waals surface area contributed by atoms with Gasteiger partial charge in [0.1, 0.15) is 10.5 Å². The molecule has 0 aromatic carbocycles. The molecule has 0 saturated heterocycles. The molecule has 1 aliphatic carbocycles. The average molecular weight is 361 g/mol. The molecule has 112 valence electrons. The molecule has 2 rings (SSSR count). The van der Waals surface area contributed by atoms with Crippen LogP contribution in [0.5, 0.6) is 0 Å². The van der Waals surface area contributed by atoms with Crippen molar-refractivity contribution in [1.82, 2.24) is 9.97 Å². The van der Waals surface area contributed by atoms with Crippen molar-refractivity contribution in [2.75, 3.05) is 26.9 Å². The molecule has 0 unspecified atom stereocenters. The molecule has 0 bridgehead atoms. The molecule has 1 aromatic heterocycles. The Morgan fingerprint density at radius 2 is 2.05 bits per heavy atom. The molecule has 6 heteroatoms. The summed E-state index contributed by atoms with van der Waals surface area (Å²) in [5.41, 5.74) is 1.22. The van der Waals surface area contributed by atoms with Gasteiger partial charge < -0.3 is 14.5 Å². The second-order valence-corrected chi connectivity index (χ2v) is 6.23. The van der Waals surface area contributed by atoms with E-state index in [1.807, 2.05) is 0 Å². The van der Waals surface area contributed by atoms with Crippen molar-refractivity contribution < 1.29 is 9.47 Å². The van der Waals surface area contributed by atoms with Gasteiger partial charge in [-0.3, -0.25) is 0 Å². The van der Waals surface area contributed by atoms with E-state index in [2.05, 4.69) is 25.9 Å². The lowest BCUT2D eigenvalue weighted by Crippen LogP contribution is -2.09. The monoisotopic (exact) mass is 360 g/mol. The number of rotatable bonds is 7. The highest BCUT2D eigenvalue weighted by atomic mass is 79.9. The largest absolute Gasteiger partial charge is 0.382 e. The average Bonchev–Trinajstić information content (AvgIpc) is 2.96. The van der Waals surface area contributed by atoms with Crippen LogP contribution < -0.4 is 0 Å². The van der Waals surface area contributed by atoms with E-state index in [1.165, 1.54) is 31.4 Å². The summed E-state index contributed by atoms with van der Waals surface area (Å²) in [6.07, 6.45) is 5.82. The smallest absolute Gasteiger partial charge is 0.144 e. The van der Waals surface area contributed by atoms with Gasteiger partial charge in [-0.05, 0) is 28.8 Å². The minimum absolute atomic E-state index is 0.585. The molecule has 4 nitrogen and oxygen atoms in total. The first-order valence-corrected chi connectivity index (χ1v) is 8.27. The van der Waals surface area contributed by atoms with Crippen LogP contribution in [0.3, 0.4) is 0 Å². The molecule has 1 aliphatic rings. The second kappa shape index (κ2) is 8.22. The van der Waals surface area contributed by atoms with Crippen molar-refractivity contribution in [3.8, 4) is 0 Å². The zero-order valence-electron chi connectivity index (χ0n) is 11.8. The van der Waals surface area contributed by atoms with E-state index in [-0.39, 0.29) is 0 Å². The molecule has 0 aliphatic heterocycles. The molecule has 20 heavy (non-hydrogen) atoms.